The number of rotatable bonds is 8. The van der Waals surface area contributed by atoms with Crippen LogP contribution in [0, 0.1) is 0 Å². The number of hydrogen-bond acceptors (Lipinski definition) is 3. The third-order valence-electron chi connectivity index (χ3n) is 3.58. The van der Waals surface area contributed by atoms with E-state index in [4.69, 9.17) is 0 Å². The SMILES string of the molecule is CCCCCNCCS(=O)(=O)C1CCCCC1. The van der Waals surface area contributed by atoms with Crippen molar-refractivity contribution in [2.75, 3.05) is 18.8 Å². The normalized spacial score (nSPS) is 18.4. The van der Waals surface area contributed by atoms with Gasteiger partial charge in [0.1, 0.15) is 0 Å². The minimum atomic E-state index is -2.84. The van der Waals surface area contributed by atoms with E-state index in [0.29, 0.717) is 12.3 Å². The summed E-state index contributed by atoms with van der Waals surface area (Å²) in [6.07, 6.45) is 8.75. The predicted molar refractivity (Wildman–Crippen MR) is 73.1 cm³/mol. The lowest BCUT2D eigenvalue weighted by Gasteiger charge is -2.21. The van der Waals surface area contributed by atoms with Crippen molar-refractivity contribution in [3.05, 3.63) is 0 Å². The molecule has 1 fully saturated rings. The maximum atomic E-state index is 12.0. The summed E-state index contributed by atoms with van der Waals surface area (Å²) in [5, 5.41) is 3.19. The van der Waals surface area contributed by atoms with Crippen LogP contribution in [-0.2, 0) is 9.84 Å². The van der Waals surface area contributed by atoms with Crippen molar-refractivity contribution in [1.29, 1.82) is 0 Å². The van der Waals surface area contributed by atoms with Crippen LogP contribution in [0.3, 0.4) is 0 Å². The minimum absolute atomic E-state index is 0.0475. The van der Waals surface area contributed by atoms with Gasteiger partial charge in [0.2, 0.25) is 0 Å². The van der Waals surface area contributed by atoms with Gasteiger partial charge in [-0.05, 0) is 25.8 Å². The van der Waals surface area contributed by atoms with Gasteiger partial charge in [0.15, 0.2) is 9.84 Å². The topological polar surface area (TPSA) is 46.2 Å². The van der Waals surface area contributed by atoms with E-state index < -0.39 is 9.84 Å². The highest BCUT2D eigenvalue weighted by atomic mass is 32.2. The molecule has 0 radical (unpaired) electrons. The number of unbranched alkanes of at least 4 members (excludes halogenated alkanes) is 2. The Morgan fingerprint density at radius 1 is 1.06 bits per heavy atom. The number of sulfone groups is 1. The van der Waals surface area contributed by atoms with E-state index in [1.54, 1.807) is 0 Å². The Balaban J connectivity index is 2.15. The molecule has 17 heavy (non-hydrogen) atoms. The molecule has 1 aliphatic carbocycles. The first-order valence-corrected chi connectivity index (χ1v) is 8.80. The monoisotopic (exact) mass is 261 g/mol. The summed E-state index contributed by atoms with van der Waals surface area (Å²) in [6, 6.07) is 0. The highest BCUT2D eigenvalue weighted by molar-refractivity contribution is 7.92. The summed E-state index contributed by atoms with van der Waals surface area (Å²) in [5.41, 5.74) is 0. The van der Waals surface area contributed by atoms with Crippen molar-refractivity contribution in [2.45, 2.75) is 63.5 Å². The smallest absolute Gasteiger partial charge is 0.154 e. The van der Waals surface area contributed by atoms with Crippen LogP contribution in [0.4, 0.5) is 0 Å². The lowest BCUT2D eigenvalue weighted by molar-refractivity contribution is 0.482. The fraction of sp³-hybridized carbons (Fsp3) is 1.00. The first-order chi connectivity index (χ1) is 8.17. The Bertz CT molecular complexity index is 282. The van der Waals surface area contributed by atoms with Crippen LogP contribution >= 0.6 is 0 Å². The summed E-state index contributed by atoms with van der Waals surface area (Å²) in [5.74, 6) is 0.323. The second-order valence-electron chi connectivity index (χ2n) is 5.08. The van der Waals surface area contributed by atoms with Crippen LogP contribution in [0.25, 0.3) is 0 Å². The van der Waals surface area contributed by atoms with Crippen molar-refractivity contribution in [3.8, 4) is 0 Å². The van der Waals surface area contributed by atoms with Crippen LogP contribution in [0.15, 0.2) is 0 Å². The average Bonchev–Trinajstić information content (AvgIpc) is 2.35. The summed E-state index contributed by atoms with van der Waals surface area (Å²) in [7, 11) is -2.84. The van der Waals surface area contributed by atoms with Gasteiger partial charge in [0, 0.05) is 6.54 Å². The van der Waals surface area contributed by atoms with Crippen molar-refractivity contribution in [1.82, 2.24) is 5.32 Å². The van der Waals surface area contributed by atoms with Crippen LogP contribution in [-0.4, -0.2) is 32.5 Å². The van der Waals surface area contributed by atoms with Gasteiger partial charge in [-0.3, -0.25) is 0 Å². The fourth-order valence-electron chi connectivity index (χ4n) is 2.43. The molecule has 102 valence electrons. The third kappa shape index (κ3) is 5.87. The zero-order valence-corrected chi connectivity index (χ0v) is 11.9. The highest BCUT2D eigenvalue weighted by Crippen LogP contribution is 2.23. The van der Waals surface area contributed by atoms with Gasteiger partial charge in [0.05, 0.1) is 11.0 Å². The highest BCUT2D eigenvalue weighted by Gasteiger charge is 2.26. The van der Waals surface area contributed by atoms with Gasteiger partial charge in [-0.15, -0.1) is 0 Å². The fourth-order valence-corrected chi connectivity index (χ4v) is 4.24. The molecule has 0 bridgehead atoms. The second-order valence-corrected chi connectivity index (χ2v) is 7.48. The van der Waals surface area contributed by atoms with Gasteiger partial charge < -0.3 is 5.32 Å². The van der Waals surface area contributed by atoms with E-state index in [1.807, 2.05) is 0 Å². The van der Waals surface area contributed by atoms with Gasteiger partial charge in [-0.1, -0.05) is 39.0 Å². The molecular weight excluding hydrogens is 234 g/mol. The van der Waals surface area contributed by atoms with Crippen LogP contribution < -0.4 is 5.32 Å². The molecule has 0 aromatic heterocycles. The molecule has 0 atom stereocenters. The van der Waals surface area contributed by atoms with E-state index in [0.717, 1.165) is 38.6 Å². The molecule has 1 saturated carbocycles. The van der Waals surface area contributed by atoms with Gasteiger partial charge in [-0.25, -0.2) is 8.42 Å². The number of hydrogen-bond donors (Lipinski definition) is 1. The first kappa shape index (κ1) is 15.0. The molecule has 0 heterocycles. The third-order valence-corrected chi connectivity index (χ3v) is 5.84. The summed E-state index contributed by atoms with van der Waals surface area (Å²) >= 11 is 0. The quantitative estimate of drug-likeness (QED) is 0.683. The van der Waals surface area contributed by atoms with Crippen molar-refractivity contribution in [2.24, 2.45) is 0 Å². The molecule has 1 N–H and O–H groups in total. The minimum Gasteiger partial charge on any atom is -0.316 e. The molecule has 0 aromatic carbocycles. The molecule has 0 saturated heterocycles. The zero-order valence-electron chi connectivity index (χ0n) is 11.1. The van der Waals surface area contributed by atoms with Crippen LogP contribution in [0.2, 0.25) is 0 Å². The maximum Gasteiger partial charge on any atom is 0.154 e. The summed E-state index contributed by atoms with van der Waals surface area (Å²) in [6.45, 7) is 3.75. The van der Waals surface area contributed by atoms with Crippen molar-refractivity contribution < 1.29 is 8.42 Å². The van der Waals surface area contributed by atoms with Crippen LogP contribution in [0.1, 0.15) is 58.3 Å². The standard InChI is InChI=1S/C13H27NO2S/c1-2-3-7-10-14-11-12-17(15,16)13-8-5-4-6-9-13/h13-14H,2-12H2,1H3. The van der Waals surface area contributed by atoms with Gasteiger partial charge in [-0.2, -0.15) is 0 Å². The van der Waals surface area contributed by atoms with E-state index in [1.165, 1.54) is 19.3 Å². The maximum absolute atomic E-state index is 12.0. The Labute approximate surface area is 106 Å². The predicted octanol–water partition coefficient (Wildman–Crippen LogP) is 2.51. The second kappa shape index (κ2) is 8.09. The molecule has 0 aromatic rings. The first-order valence-electron chi connectivity index (χ1n) is 7.09. The molecule has 0 spiro atoms. The molecule has 1 aliphatic rings. The van der Waals surface area contributed by atoms with E-state index in [9.17, 15) is 8.42 Å². The van der Waals surface area contributed by atoms with E-state index in [2.05, 4.69) is 12.2 Å². The Morgan fingerprint density at radius 3 is 2.41 bits per heavy atom. The molecule has 3 nitrogen and oxygen atoms in total. The lowest BCUT2D eigenvalue weighted by Crippen LogP contribution is -2.31. The van der Waals surface area contributed by atoms with Crippen LogP contribution in [0.5, 0.6) is 0 Å². The Hall–Kier alpha value is -0.0900. The van der Waals surface area contributed by atoms with E-state index in [-0.39, 0.29) is 5.25 Å². The number of nitrogens with one attached hydrogen (secondary N) is 1. The molecule has 4 heteroatoms. The van der Waals surface area contributed by atoms with E-state index >= 15 is 0 Å². The van der Waals surface area contributed by atoms with Crippen molar-refractivity contribution in [3.63, 3.8) is 0 Å². The Kier molecular flexibility index (Phi) is 7.12. The molecule has 0 amide bonds. The molecule has 0 aliphatic heterocycles. The average molecular weight is 261 g/mol. The largest absolute Gasteiger partial charge is 0.316 e. The summed E-state index contributed by atoms with van der Waals surface area (Å²) in [4.78, 5) is 0. The van der Waals surface area contributed by atoms with Gasteiger partial charge in [0.25, 0.3) is 0 Å². The molecule has 0 unspecified atom stereocenters. The Morgan fingerprint density at radius 2 is 1.76 bits per heavy atom. The lowest BCUT2D eigenvalue weighted by atomic mass is 10.0. The van der Waals surface area contributed by atoms with Gasteiger partial charge >= 0.3 is 0 Å². The molecule has 1 rings (SSSR count). The van der Waals surface area contributed by atoms with Crippen molar-refractivity contribution >= 4 is 9.84 Å². The zero-order chi connectivity index (χ0) is 12.6. The summed E-state index contributed by atoms with van der Waals surface area (Å²) < 4.78 is 24.1. The molecular formula is C13H27NO2S.